The molecule has 3 rings (SSSR count). The zero-order chi connectivity index (χ0) is 12.5. The standard InChI is InChI=1S/C13H13IN4/c1-17-6-7-18(12-5-3-2-4-11(12)17)13-15-8-10(14)9-16-13/h2-5,8-9H,6-7H2,1H3. The second-order valence-electron chi connectivity index (χ2n) is 4.26. The summed E-state index contributed by atoms with van der Waals surface area (Å²) in [5.74, 6) is 0.774. The molecule has 0 atom stereocenters. The minimum atomic E-state index is 0.774. The molecule has 4 nitrogen and oxygen atoms in total. The molecule has 1 aliphatic rings. The van der Waals surface area contributed by atoms with Crippen molar-refractivity contribution in [2.24, 2.45) is 0 Å². The molecule has 0 saturated heterocycles. The van der Waals surface area contributed by atoms with Crippen LogP contribution in [-0.4, -0.2) is 30.1 Å². The van der Waals surface area contributed by atoms with Gasteiger partial charge in [-0.15, -0.1) is 0 Å². The van der Waals surface area contributed by atoms with Crippen molar-refractivity contribution in [2.75, 3.05) is 29.9 Å². The van der Waals surface area contributed by atoms with E-state index in [0.717, 1.165) is 22.6 Å². The van der Waals surface area contributed by atoms with Gasteiger partial charge in [0.2, 0.25) is 5.95 Å². The highest BCUT2D eigenvalue weighted by Crippen LogP contribution is 2.34. The van der Waals surface area contributed by atoms with Crippen molar-refractivity contribution in [3.05, 3.63) is 40.2 Å². The van der Waals surface area contributed by atoms with E-state index < -0.39 is 0 Å². The topological polar surface area (TPSA) is 32.3 Å². The number of hydrogen-bond acceptors (Lipinski definition) is 4. The number of anilines is 3. The molecule has 1 aromatic carbocycles. The van der Waals surface area contributed by atoms with Crippen LogP contribution >= 0.6 is 22.6 Å². The van der Waals surface area contributed by atoms with E-state index in [1.165, 1.54) is 11.4 Å². The molecule has 1 aromatic heterocycles. The van der Waals surface area contributed by atoms with Gasteiger partial charge in [-0.3, -0.25) is 0 Å². The monoisotopic (exact) mass is 352 g/mol. The number of benzene rings is 1. The largest absolute Gasteiger partial charge is 0.371 e. The number of nitrogens with zero attached hydrogens (tertiary/aromatic N) is 4. The summed E-state index contributed by atoms with van der Waals surface area (Å²) in [4.78, 5) is 13.3. The minimum absolute atomic E-state index is 0.774. The smallest absolute Gasteiger partial charge is 0.230 e. The molecule has 0 radical (unpaired) electrons. The van der Waals surface area contributed by atoms with Crippen molar-refractivity contribution >= 4 is 39.9 Å². The molecular weight excluding hydrogens is 339 g/mol. The summed E-state index contributed by atoms with van der Waals surface area (Å²) < 4.78 is 1.05. The fourth-order valence-electron chi connectivity index (χ4n) is 2.16. The number of aromatic nitrogens is 2. The number of fused-ring (bicyclic) bond motifs is 1. The molecule has 1 aliphatic heterocycles. The van der Waals surface area contributed by atoms with Gasteiger partial charge in [-0.25, -0.2) is 9.97 Å². The number of halogens is 1. The maximum absolute atomic E-state index is 4.41. The maximum Gasteiger partial charge on any atom is 0.230 e. The van der Waals surface area contributed by atoms with Crippen molar-refractivity contribution in [3.63, 3.8) is 0 Å². The van der Waals surface area contributed by atoms with Crippen molar-refractivity contribution < 1.29 is 0 Å². The van der Waals surface area contributed by atoms with Crippen LogP contribution in [0.3, 0.4) is 0 Å². The van der Waals surface area contributed by atoms with Gasteiger partial charge in [-0.2, -0.15) is 0 Å². The van der Waals surface area contributed by atoms with Crippen LogP contribution in [0.5, 0.6) is 0 Å². The Labute approximate surface area is 120 Å². The summed E-state index contributed by atoms with van der Waals surface area (Å²) >= 11 is 2.22. The maximum atomic E-state index is 4.41. The molecule has 0 amide bonds. The Bertz CT molecular complexity index is 555. The van der Waals surface area contributed by atoms with Crippen LogP contribution in [0, 0.1) is 3.57 Å². The second kappa shape index (κ2) is 4.72. The summed E-state index contributed by atoms with van der Waals surface area (Å²) in [6, 6.07) is 8.37. The van der Waals surface area contributed by atoms with Crippen molar-refractivity contribution in [3.8, 4) is 0 Å². The van der Waals surface area contributed by atoms with Crippen LogP contribution in [0.2, 0.25) is 0 Å². The first-order valence-corrected chi connectivity index (χ1v) is 6.89. The average Bonchev–Trinajstić information content (AvgIpc) is 2.41. The number of rotatable bonds is 1. The van der Waals surface area contributed by atoms with E-state index >= 15 is 0 Å². The molecule has 0 spiro atoms. The van der Waals surface area contributed by atoms with E-state index in [1.54, 1.807) is 0 Å². The number of likely N-dealkylation sites (N-methyl/N-ethyl adjacent to an activating group) is 1. The van der Waals surface area contributed by atoms with Crippen LogP contribution in [-0.2, 0) is 0 Å². The van der Waals surface area contributed by atoms with E-state index in [1.807, 2.05) is 12.4 Å². The zero-order valence-corrected chi connectivity index (χ0v) is 12.2. The third-order valence-corrected chi connectivity index (χ3v) is 3.65. The Balaban J connectivity index is 2.04. The molecule has 0 saturated carbocycles. The summed E-state index contributed by atoms with van der Waals surface area (Å²) in [7, 11) is 2.12. The lowest BCUT2D eigenvalue weighted by atomic mass is 10.2. The fraction of sp³-hybridized carbons (Fsp3) is 0.231. The molecule has 2 aromatic rings. The minimum Gasteiger partial charge on any atom is -0.371 e. The first-order valence-electron chi connectivity index (χ1n) is 5.81. The summed E-state index contributed by atoms with van der Waals surface area (Å²) in [5, 5.41) is 0. The van der Waals surface area contributed by atoms with Gasteiger partial charge in [0.25, 0.3) is 0 Å². The van der Waals surface area contributed by atoms with Gasteiger partial charge in [-0.05, 0) is 34.7 Å². The van der Waals surface area contributed by atoms with Gasteiger partial charge >= 0.3 is 0 Å². The highest BCUT2D eigenvalue weighted by molar-refractivity contribution is 14.1. The summed E-state index contributed by atoms with van der Waals surface area (Å²) in [6.07, 6.45) is 3.70. The van der Waals surface area contributed by atoms with Gasteiger partial charge in [0.15, 0.2) is 0 Å². The first-order chi connectivity index (χ1) is 8.75. The van der Waals surface area contributed by atoms with Crippen molar-refractivity contribution in [1.29, 1.82) is 0 Å². The molecular formula is C13H13IN4. The molecule has 0 aliphatic carbocycles. The van der Waals surface area contributed by atoms with E-state index in [9.17, 15) is 0 Å². The molecule has 18 heavy (non-hydrogen) atoms. The Kier molecular flexibility index (Phi) is 3.07. The Morgan fingerprint density at radius 1 is 1.06 bits per heavy atom. The molecule has 0 N–H and O–H groups in total. The SMILES string of the molecule is CN1CCN(c2ncc(I)cn2)c2ccccc21. The third-order valence-electron chi connectivity index (χ3n) is 3.09. The van der Waals surface area contributed by atoms with Crippen LogP contribution in [0.4, 0.5) is 17.3 Å². The Morgan fingerprint density at radius 3 is 2.44 bits per heavy atom. The molecule has 92 valence electrons. The number of para-hydroxylation sites is 2. The van der Waals surface area contributed by atoms with E-state index in [2.05, 4.69) is 73.7 Å². The normalized spacial score (nSPS) is 14.6. The highest BCUT2D eigenvalue weighted by atomic mass is 127. The van der Waals surface area contributed by atoms with E-state index in [-0.39, 0.29) is 0 Å². The zero-order valence-electron chi connectivity index (χ0n) is 10.0. The molecule has 0 bridgehead atoms. The predicted octanol–water partition coefficient (Wildman–Crippen LogP) is 2.67. The third kappa shape index (κ3) is 2.03. The fourth-order valence-corrected chi connectivity index (χ4v) is 2.44. The van der Waals surface area contributed by atoms with Gasteiger partial charge in [0.05, 0.1) is 11.4 Å². The van der Waals surface area contributed by atoms with E-state index in [0.29, 0.717) is 0 Å². The van der Waals surface area contributed by atoms with Crippen LogP contribution in [0.15, 0.2) is 36.7 Å². The Morgan fingerprint density at radius 2 is 1.72 bits per heavy atom. The summed E-state index contributed by atoms with van der Waals surface area (Å²) in [6.45, 7) is 1.89. The lowest BCUT2D eigenvalue weighted by Gasteiger charge is -2.35. The first kappa shape index (κ1) is 11.7. The second-order valence-corrected chi connectivity index (χ2v) is 5.51. The van der Waals surface area contributed by atoms with Gasteiger partial charge in [0, 0.05) is 36.1 Å². The lowest BCUT2D eigenvalue weighted by molar-refractivity contribution is 0.801. The van der Waals surface area contributed by atoms with Crippen molar-refractivity contribution in [1.82, 2.24) is 9.97 Å². The molecule has 0 fully saturated rings. The van der Waals surface area contributed by atoms with Gasteiger partial charge in [0.1, 0.15) is 0 Å². The van der Waals surface area contributed by atoms with E-state index in [4.69, 9.17) is 0 Å². The van der Waals surface area contributed by atoms with Crippen molar-refractivity contribution in [2.45, 2.75) is 0 Å². The molecule has 2 heterocycles. The van der Waals surface area contributed by atoms with Gasteiger partial charge < -0.3 is 9.80 Å². The summed E-state index contributed by atoms with van der Waals surface area (Å²) in [5.41, 5.74) is 2.40. The average molecular weight is 352 g/mol. The predicted molar refractivity (Wildman–Crippen MR) is 81.5 cm³/mol. The van der Waals surface area contributed by atoms with Crippen LogP contribution in [0.25, 0.3) is 0 Å². The molecule has 0 unspecified atom stereocenters. The van der Waals surface area contributed by atoms with Gasteiger partial charge in [-0.1, -0.05) is 12.1 Å². The number of hydrogen-bond donors (Lipinski definition) is 0. The quantitative estimate of drug-likeness (QED) is 0.739. The highest BCUT2D eigenvalue weighted by Gasteiger charge is 2.22. The lowest BCUT2D eigenvalue weighted by Crippen LogP contribution is -2.37. The molecule has 5 heteroatoms. The van der Waals surface area contributed by atoms with Crippen LogP contribution in [0.1, 0.15) is 0 Å². The van der Waals surface area contributed by atoms with Crippen LogP contribution < -0.4 is 9.80 Å². The Hall–Kier alpha value is -1.37.